The molecule has 0 fully saturated rings. The summed E-state index contributed by atoms with van der Waals surface area (Å²) >= 11 is 1.43. The molecule has 0 bridgehead atoms. The van der Waals surface area contributed by atoms with E-state index in [1.165, 1.54) is 22.5 Å². The third-order valence-corrected chi connectivity index (χ3v) is 4.52. The van der Waals surface area contributed by atoms with Crippen molar-refractivity contribution in [3.05, 3.63) is 51.7 Å². The summed E-state index contributed by atoms with van der Waals surface area (Å²) in [6.45, 7) is 1.54. The maximum absolute atomic E-state index is 12.4. The first-order valence-corrected chi connectivity index (χ1v) is 7.32. The molecule has 19 heavy (non-hydrogen) atoms. The first-order valence-electron chi connectivity index (χ1n) is 6.45. The third-order valence-electron chi connectivity index (χ3n) is 3.60. The summed E-state index contributed by atoms with van der Waals surface area (Å²) in [5.74, 6) is 0.0697. The number of thiophene rings is 1. The molecule has 2 heterocycles. The molecule has 0 aliphatic carbocycles. The molecule has 4 heteroatoms. The van der Waals surface area contributed by atoms with E-state index in [0.717, 1.165) is 25.9 Å². The maximum atomic E-state index is 12.4. The highest BCUT2D eigenvalue weighted by molar-refractivity contribution is 7.12. The van der Waals surface area contributed by atoms with Crippen molar-refractivity contribution in [2.24, 2.45) is 0 Å². The summed E-state index contributed by atoms with van der Waals surface area (Å²) in [5, 5.41) is 1.87. The normalized spacial score (nSPS) is 14.8. The highest BCUT2D eigenvalue weighted by Gasteiger charge is 2.21. The monoisotopic (exact) mass is 272 g/mol. The van der Waals surface area contributed by atoms with Crippen LogP contribution in [0.2, 0.25) is 0 Å². The van der Waals surface area contributed by atoms with Crippen LogP contribution in [0.15, 0.2) is 35.7 Å². The Kier molecular flexibility index (Phi) is 3.25. The number of fused-ring (bicyclic) bond motifs is 1. The smallest absolute Gasteiger partial charge is 0.266 e. The Morgan fingerprint density at radius 3 is 2.26 bits per heavy atom. The fourth-order valence-corrected chi connectivity index (χ4v) is 3.29. The van der Waals surface area contributed by atoms with E-state index in [4.69, 9.17) is 5.73 Å². The lowest BCUT2D eigenvalue weighted by atomic mass is 10.0. The van der Waals surface area contributed by atoms with Crippen molar-refractivity contribution in [1.82, 2.24) is 4.90 Å². The zero-order valence-electron chi connectivity index (χ0n) is 10.6. The SMILES string of the molecule is Nc1ccsc1C(=O)N1CCc2ccccc2CC1. The molecule has 1 aromatic heterocycles. The number of carbonyl (C=O) groups is 1. The topological polar surface area (TPSA) is 46.3 Å². The van der Waals surface area contributed by atoms with Gasteiger partial charge in [-0.2, -0.15) is 0 Å². The van der Waals surface area contributed by atoms with Crippen LogP contribution in [-0.4, -0.2) is 23.9 Å². The fourth-order valence-electron chi connectivity index (χ4n) is 2.51. The summed E-state index contributed by atoms with van der Waals surface area (Å²) in [4.78, 5) is 15.0. The summed E-state index contributed by atoms with van der Waals surface area (Å²) in [5.41, 5.74) is 9.15. The Balaban J connectivity index is 1.79. The van der Waals surface area contributed by atoms with Crippen LogP contribution in [0.4, 0.5) is 5.69 Å². The zero-order valence-corrected chi connectivity index (χ0v) is 11.5. The van der Waals surface area contributed by atoms with Crippen LogP contribution < -0.4 is 5.73 Å². The van der Waals surface area contributed by atoms with Crippen LogP contribution in [0.3, 0.4) is 0 Å². The molecule has 0 unspecified atom stereocenters. The predicted molar refractivity (Wildman–Crippen MR) is 78.5 cm³/mol. The largest absolute Gasteiger partial charge is 0.397 e. The van der Waals surface area contributed by atoms with Crippen LogP contribution in [0.5, 0.6) is 0 Å². The van der Waals surface area contributed by atoms with Crippen LogP contribution >= 0.6 is 11.3 Å². The molecule has 1 amide bonds. The van der Waals surface area contributed by atoms with Gasteiger partial charge >= 0.3 is 0 Å². The van der Waals surface area contributed by atoms with Gasteiger partial charge in [-0.3, -0.25) is 4.79 Å². The Hall–Kier alpha value is -1.81. The minimum atomic E-state index is 0.0697. The van der Waals surface area contributed by atoms with Gasteiger partial charge in [0.05, 0.1) is 5.69 Å². The number of nitrogens with two attached hydrogens (primary N) is 1. The number of rotatable bonds is 1. The van der Waals surface area contributed by atoms with Gasteiger partial charge in [0.15, 0.2) is 0 Å². The Morgan fingerprint density at radius 1 is 1.11 bits per heavy atom. The average molecular weight is 272 g/mol. The highest BCUT2D eigenvalue weighted by atomic mass is 32.1. The van der Waals surface area contributed by atoms with Crippen LogP contribution in [-0.2, 0) is 12.8 Å². The minimum absolute atomic E-state index is 0.0697. The quantitative estimate of drug-likeness (QED) is 0.867. The zero-order chi connectivity index (χ0) is 13.2. The molecule has 0 saturated carbocycles. The molecule has 0 saturated heterocycles. The molecule has 2 N–H and O–H groups in total. The van der Waals surface area contributed by atoms with E-state index < -0.39 is 0 Å². The number of benzene rings is 1. The second-order valence-corrected chi connectivity index (χ2v) is 5.68. The van der Waals surface area contributed by atoms with Crippen molar-refractivity contribution in [3.8, 4) is 0 Å². The van der Waals surface area contributed by atoms with E-state index in [1.54, 1.807) is 6.07 Å². The van der Waals surface area contributed by atoms with Crippen molar-refractivity contribution >= 4 is 22.9 Å². The first-order chi connectivity index (χ1) is 9.25. The molecule has 2 aromatic rings. The third kappa shape index (κ3) is 2.36. The summed E-state index contributed by atoms with van der Waals surface area (Å²) in [7, 11) is 0. The lowest BCUT2D eigenvalue weighted by Crippen LogP contribution is -2.33. The molecule has 0 radical (unpaired) electrons. The molecular formula is C15H16N2OS. The molecule has 1 aliphatic rings. The van der Waals surface area contributed by atoms with E-state index in [9.17, 15) is 4.79 Å². The number of nitrogens with zero attached hydrogens (tertiary/aromatic N) is 1. The molecular weight excluding hydrogens is 256 g/mol. The molecule has 1 aliphatic heterocycles. The number of carbonyl (C=O) groups excluding carboxylic acids is 1. The van der Waals surface area contributed by atoms with Gasteiger partial charge in [-0.15, -0.1) is 11.3 Å². The van der Waals surface area contributed by atoms with Gasteiger partial charge in [0.2, 0.25) is 0 Å². The van der Waals surface area contributed by atoms with E-state index in [0.29, 0.717) is 10.6 Å². The average Bonchev–Trinajstić information content (AvgIpc) is 2.74. The van der Waals surface area contributed by atoms with Crippen molar-refractivity contribution in [2.45, 2.75) is 12.8 Å². The number of anilines is 1. The maximum Gasteiger partial charge on any atom is 0.266 e. The second kappa shape index (κ2) is 5.05. The molecule has 0 spiro atoms. The van der Waals surface area contributed by atoms with E-state index in [1.807, 2.05) is 10.3 Å². The number of nitrogen functional groups attached to an aromatic ring is 1. The van der Waals surface area contributed by atoms with Gasteiger partial charge in [0.1, 0.15) is 4.88 Å². The molecule has 98 valence electrons. The number of amides is 1. The Morgan fingerprint density at radius 2 is 1.74 bits per heavy atom. The van der Waals surface area contributed by atoms with Crippen molar-refractivity contribution < 1.29 is 4.79 Å². The summed E-state index contributed by atoms with van der Waals surface area (Å²) in [6.07, 6.45) is 1.85. The van der Waals surface area contributed by atoms with Gasteiger partial charge in [-0.25, -0.2) is 0 Å². The van der Waals surface area contributed by atoms with E-state index in [-0.39, 0.29) is 5.91 Å². The summed E-state index contributed by atoms with van der Waals surface area (Å²) in [6, 6.07) is 10.2. The fraction of sp³-hybridized carbons (Fsp3) is 0.267. The molecule has 0 atom stereocenters. The lowest BCUT2D eigenvalue weighted by molar-refractivity contribution is 0.0769. The number of hydrogen-bond donors (Lipinski definition) is 1. The standard InChI is InChI=1S/C15H16N2OS/c16-13-7-10-19-14(13)15(18)17-8-5-11-3-1-2-4-12(11)6-9-17/h1-4,7,10H,5-6,8-9,16H2. The van der Waals surface area contributed by atoms with Gasteiger partial charge in [-0.1, -0.05) is 24.3 Å². The summed E-state index contributed by atoms with van der Waals surface area (Å²) < 4.78 is 0. The molecule has 3 rings (SSSR count). The highest BCUT2D eigenvalue weighted by Crippen LogP contribution is 2.23. The predicted octanol–water partition coefficient (Wildman–Crippen LogP) is 2.57. The van der Waals surface area contributed by atoms with E-state index >= 15 is 0 Å². The van der Waals surface area contributed by atoms with Crippen LogP contribution in [0, 0.1) is 0 Å². The van der Waals surface area contributed by atoms with Crippen molar-refractivity contribution in [1.29, 1.82) is 0 Å². The van der Waals surface area contributed by atoms with Crippen molar-refractivity contribution in [2.75, 3.05) is 18.8 Å². The first kappa shape index (κ1) is 12.2. The minimum Gasteiger partial charge on any atom is -0.397 e. The van der Waals surface area contributed by atoms with Gasteiger partial charge in [0, 0.05) is 13.1 Å². The second-order valence-electron chi connectivity index (χ2n) is 4.77. The van der Waals surface area contributed by atoms with E-state index in [2.05, 4.69) is 24.3 Å². The van der Waals surface area contributed by atoms with Gasteiger partial charge < -0.3 is 10.6 Å². The van der Waals surface area contributed by atoms with Crippen molar-refractivity contribution in [3.63, 3.8) is 0 Å². The number of hydrogen-bond acceptors (Lipinski definition) is 3. The molecule has 3 nitrogen and oxygen atoms in total. The van der Waals surface area contributed by atoms with Gasteiger partial charge in [-0.05, 0) is 35.4 Å². The molecule has 1 aromatic carbocycles. The Bertz CT molecular complexity index is 579. The van der Waals surface area contributed by atoms with Crippen LogP contribution in [0.1, 0.15) is 20.8 Å². The lowest BCUT2D eigenvalue weighted by Gasteiger charge is -2.19. The van der Waals surface area contributed by atoms with Gasteiger partial charge in [0.25, 0.3) is 5.91 Å². The Labute approximate surface area is 116 Å². The van der Waals surface area contributed by atoms with Crippen LogP contribution in [0.25, 0.3) is 0 Å².